The van der Waals surface area contributed by atoms with Crippen molar-refractivity contribution >= 4 is 11.4 Å². The summed E-state index contributed by atoms with van der Waals surface area (Å²) in [7, 11) is 0. The zero-order valence-corrected chi connectivity index (χ0v) is 11.8. The first-order chi connectivity index (χ1) is 9.89. The van der Waals surface area contributed by atoms with Crippen molar-refractivity contribution in [1.82, 2.24) is 0 Å². The lowest BCUT2D eigenvalue weighted by Gasteiger charge is -2.34. The van der Waals surface area contributed by atoms with Crippen molar-refractivity contribution in [2.24, 2.45) is 5.41 Å². The lowest BCUT2D eigenvalue weighted by Crippen LogP contribution is -2.33. The molecule has 0 unspecified atom stereocenters. The zero-order valence-electron chi connectivity index (χ0n) is 11.8. The molecule has 4 nitrogen and oxygen atoms in total. The molecule has 0 spiro atoms. The first kappa shape index (κ1) is 15.8. The molecule has 1 aromatic rings. The van der Waals surface area contributed by atoms with Gasteiger partial charge in [-0.05, 0) is 18.3 Å². The maximum atomic E-state index is 13.5. The molecular weight excluding hydrogens is 285 g/mol. The molecule has 1 aliphatic rings. The number of halogens is 3. The molecule has 0 saturated carbocycles. The van der Waals surface area contributed by atoms with Crippen LogP contribution in [0.1, 0.15) is 19.8 Å². The lowest BCUT2D eigenvalue weighted by atomic mass is 9.82. The maximum absolute atomic E-state index is 13.5. The van der Waals surface area contributed by atoms with Gasteiger partial charge in [0.25, 0.3) is 0 Å². The number of nitrogens with one attached hydrogen (secondary N) is 1. The molecule has 0 aliphatic carbocycles. The number of rotatable bonds is 5. The Labute approximate surface area is 121 Å². The summed E-state index contributed by atoms with van der Waals surface area (Å²) in [5.74, 6) is -1.42. The molecule has 1 heterocycles. The molecule has 0 atom stereocenters. The van der Waals surface area contributed by atoms with Crippen LogP contribution in [0.4, 0.5) is 24.5 Å². The van der Waals surface area contributed by atoms with Gasteiger partial charge in [0.2, 0.25) is 0 Å². The van der Waals surface area contributed by atoms with E-state index in [0.717, 1.165) is 18.9 Å². The van der Waals surface area contributed by atoms with Crippen LogP contribution in [0.25, 0.3) is 0 Å². The molecule has 0 bridgehead atoms. The summed E-state index contributed by atoms with van der Waals surface area (Å²) in [5, 5.41) is 3.09. The average Bonchev–Trinajstić information content (AvgIpc) is 2.41. The second kappa shape index (κ2) is 6.43. The Balaban J connectivity index is 2.08. The predicted octanol–water partition coefficient (Wildman–Crippen LogP) is 3.24. The normalized spacial score (nSPS) is 17.8. The average molecular weight is 304 g/mol. The Morgan fingerprint density at radius 3 is 2.67 bits per heavy atom. The summed E-state index contributed by atoms with van der Waals surface area (Å²) in [5.41, 5.74) is 6.29. The largest absolute Gasteiger partial charge is 0.432 e. The van der Waals surface area contributed by atoms with Crippen LogP contribution in [0.15, 0.2) is 12.1 Å². The third-order valence-electron chi connectivity index (χ3n) is 3.73. The SMILES string of the molecule is CC1(CNc2cc(OC(F)F)c(F)cc2N)CCOCC1. The number of ether oxygens (including phenoxy) is 2. The highest BCUT2D eigenvalue weighted by atomic mass is 19.3. The van der Waals surface area contributed by atoms with Crippen LogP contribution in [-0.4, -0.2) is 26.4 Å². The van der Waals surface area contributed by atoms with E-state index in [1.54, 1.807) is 0 Å². The number of nitrogen functional groups attached to an aromatic ring is 1. The minimum absolute atomic E-state index is 0.0306. The molecule has 1 saturated heterocycles. The summed E-state index contributed by atoms with van der Waals surface area (Å²) < 4.78 is 47.4. The van der Waals surface area contributed by atoms with Gasteiger partial charge in [0.15, 0.2) is 11.6 Å². The second-order valence-electron chi connectivity index (χ2n) is 5.52. The summed E-state index contributed by atoms with van der Waals surface area (Å²) in [4.78, 5) is 0. The quantitative estimate of drug-likeness (QED) is 0.820. The van der Waals surface area contributed by atoms with Crippen molar-refractivity contribution in [2.45, 2.75) is 26.4 Å². The van der Waals surface area contributed by atoms with Crippen LogP contribution in [0.3, 0.4) is 0 Å². The summed E-state index contributed by atoms with van der Waals surface area (Å²) in [6.07, 6.45) is 1.78. The van der Waals surface area contributed by atoms with Gasteiger partial charge in [-0.1, -0.05) is 6.92 Å². The van der Waals surface area contributed by atoms with Gasteiger partial charge in [-0.2, -0.15) is 8.78 Å². The highest BCUT2D eigenvalue weighted by Gasteiger charge is 2.27. The molecule has 0 amide bonds. The summed E-state index contributed by atoms with van der Waals surface area (Å²) in [6, 6.07) is 2.14. The first-order valence-electron chi connectivity index (χ1n) is 6.75. The van der Waals surface area contributed by atoms with E-state index in [0.29, 0.717) is 25.4 Å². The van der Waals surface area contributed by atoms with Crippen molar-refractivity contribution < 1.29 is 22.6 Å². The van der Waals surface area contributed by atoms with Gasteiger partial charge in [-0.15, -0.1) is 0 Å². The molecular formula is C14H19F3N2O2. The highest BCUT2D eigenvalue weighted by molar-refractivity contribution is 5.68. The van der Waals surface area contributed by atoms with Crippen LogP contribution in [0, 0.1) is 11.2 Å². The molecule has 0 aromatic heterocycles. The van der Waals surface area contributed by atoms with Crippen molar-refractivity contribution in [2.75, 3.05) is 30.8 Å². The Morgan fingerprint density at radius 1 is 1.38 bits per heavy atom. The summed E-state index contributed by atoms with van der Waals surface area (Å²) >= 11 is 0. The smallest absolute Gasteiger partial charge is 0.387 e. The van der Waals surface area contributed by atoms with Crippen LogP contribution in [-0.2, 0) is 4.74 Å². The fraction of sp³-hybridized carbons (Fsp3) is 0.571. The Morgan fingerprint density at radius 2 is 2.05 bits per heavy atom. The number of hydrogen-bond acceptors (Lipinski definition) is 4. The minimum Gasteiger partial charge on any atom is -0.432 e. The molecule has 0 radical (unpaired) electrons. The Kier molecular flexibility index (Phi) is 4.82. The van der Waals surface area contributed by atoms with Gasteiger partial charge in [-0.3, -0.25) is 0 Å². The molecule has 7 heteroatoms. The van der Waals surface area contributed by atoms with Gasteiger partial charge < -0.3 is 20.5 Å². The van der Waals surface area contributed by atoms with E-state index in [1.165, 1.54) is 6.07 Å². The molecule has 2 rings (SSSR count). The minimum atomic E-state index is -3.08. The second-order valence-corrected chi connectivity index (χ2v) is 5.52. The fourth-order valence-electron chi connectivity index (χ4n) is 2.26. The zero-order chi connectivity index (χ0) is 15.5. The lowest BCUT2D eigenvalue weighted by molar-refractivity contribution is -0.0521. The Bertz CT molecular complexity index is 491. The topological polar surface area (TPSA) is 56.5 Å². The molecule has 118 valence electrons. The molecule has 3 N–H and O–H groups in total. The van der Waals surface area contributed by atoms with Gasteiger partial charge in [0.1, 0.15) is 0 Å². The molecule has 1 aliphatic heterocycles. The maximum Gasteiger partial charge on any atom is 0.387 e. The first-order valence-corrected chi connectivity index (χ1v) is 6.75. The number of hydrogen-bond donors (Lipinski definition) is 2. The van der Waals surface area contributed by atoms with Crippen LogP contribution in [0.2, 0.25) is 0 Å². The van der Waals surface area contributed by atoms with Crippen molar-refractivity contribution in [1.29, 1.82) is 0 Å². The van der Waals surface area contributed by atoms with E-state index in [-0.39, 0.29) is 11.1 Å². The fourth-order valence-corrected chi connectivity index (χ4v) is 2.26. The number of nitrogens with two attached hydrogens (primary N) is 1. The van der Waals surface area contributed by atoms with E-state index in [2.05, 4.69) is 17.0 Å². The van der Waals surface area contributed by atoms with Crippen molar-refractivity contribution in [3.63, 3.8) is 0 Å². The monoisotopic (exact) mass is 304 g/mol. The summed E-state index contributed by atoms with van der Waals surface area (Å²) in [6.45, 7) is 1.01. The van der Waals surface area contributed by atoms with E-state index >= 15 is 0 Å². The van der Waals surface area contributed by atoms with Crippen molar-refractivity contribution in [3.05, 3.63) is 17.9 Å². The third kappa shape index (κ3) is 4.17. The van der Waals surface area contributed by atoms with Gasteiger partial charge in [-0.25, -0.2) is 4.39 Å². The van der Waals surface area contributed by atoms with E-state index < -0.39 is 18.2 Å². The van der Waals surface area contributed by atoms with E-state index in [1.807, 2.05) is 0 Å². The number of alkyl halides is 2. The molecule has 1 fully saturated rings. The predicted molar refractivity (Wildman–Crippen MR) is 74.1 cm³/mol. The van der Waals surface area contributed by atoms with E-state index in [9.17, 15) is 13.2 Å². The van der Waals surface area contributed by atoms with Gasteiger partial charge in [0.05, 0.1) is 11.4 Å². The van der Waals surface area contributed by atoms with Crippen molar-refractivity contribution in [3.8, 4) is 5.75 Å². The van der Waals surface area contributed by atoms with Gasteiger partial charge >= 0.3 is 6.61 Å². The van der Waals surface area contributed by atoms with Crippen LogP contribution in [0.5, 0.6) is 5.75 Å². The van der Waals surface area contributed by atoms with Crippen LogP contribution < -0.4 is 15.8 Å². The number of anilines is 2. The molecule has 1 aromatic carbocycles. The standard InChI is InChI=1S/C14H19F3N2O2/c1-14(2-4-20-5-3-14)8-19-11-7-12(21-13(16)17)9(15)6-10(11)18/h6-7,13,19H,2-5,8,18H2,1H3. The van der Waals surface area contributed by atoms with Crippen LogP contribution >= 0.6 is 0 Å². The highest BCUT2D eigenvalue weighted by Crippen LogP contribution is 2.33. The van der Waals surface area contributed by atoms with Gasteiger partial charge in [0, 0.05) is 31.9 Å². The third-order valence-corrected chi connectivity index (χ3v) is 3.73. The number of benzene rings is 1. The Hall–Kier alpha value is -1.63. The van der Waals surface area contributed by atoms with E-state index in [4.69, 9.17) is 10.5 Å². The molecule has 21 heavy (non-hydrogen) atoms.